The number of H-pyrrole nitrogens is 1. The Morgan fingerprint density at radius 2 is 1.69 bits per heavy atom. The largest absolute Gasteiger partial charge is 0.456 e. The van der Waals surface area contributed by atoms with Crippen LogP contribution >= 0.6 is 11.8 Å². The molecule has 1 aliphatic rings. The van der Waals surface area contributed by atoms with Gasteiger partial charge in [0.25, 0.3) is 17.3 Å². The highest BCUT2D eigenvalue weighted by molar-refractivity contribution is 8.18. The van der Waals surface area contributed by atoms with Gasteiger partial charge in [0.1, 0.15) is 11.5 Å². The molecule has 1 saturated heterocycles. The molecule has 0 aliphatic carbocycles. The maximum Gasteiger partial charge on any atom is 0.280 e. The number of carbonyl (C=O) groups is 1. The number of hydrogen-bond donors (Lipinski definition) is 1. The Hall–Kier alpha value is -5.49. The number of nitro groups is 2. The molecule has 12 heteroatoms. The summed E-state index contributed by atoms with van der Waals surface area (Å²) in [5.41, 5.74) is 2.71. The molecule has 0 radical (unpaired) electrons. The zero-order valence-electron chi connectivity index (χ0n) is 21.8. The minimum atomic E-state index is -0.485. The van der Waals surface area contributed by atoms with Crippen molar-refractivity contribution in [1.29, 1.82) is 0 Å². The molecule has 1 fully saturated rings. The highest BCUT2D eigenvalue weighted by Gasteiger charge is 2.34. The first-order valence-corrected chi connectivity index (χ1v) is 13.6. The van der Waals surface area contributed by atoms with Gasteiger partial charge in [-0.3, -0.25) is 29.9 Å². The molecule has 208 valence electrons. The molecule has 0 bridgehead atoms. The smallest absolute Gasteiger partial charge is 0.280 e. The van der Waals surface area contributed by atoms with Crippen molar-refractivity contribution in [2.24, 2.45) is 4.99 Å². The van der Waals surface area contributed by atoms with Crippen molar-refractivity contribution < 1.29 is 19.1 Å². The van der Waals surface area contributed by atoms with E-state index in [0.717, 1.165) is 28.2 Å². The van der Waals surface area contributed by atoms with Gasteiger partial charge < -0.3 is 9.40 Å². The minimum absolute atomic E-state index is 0.0573. The fraction of sp³-hybridized carbons (Fsp3) is 0.0667. The monoisotopic (exact) mass is 579 g/mol. The number of thioether (sulfide) groups is 1. The molecule has 1 amide bonds. The molecule has 0 spiro atoms. The predicted octanol–water partition coefficient (Wildman–Crippen LogP) is 7.09. The van der Waals surface area contributed by atoms with Crippen molar-refractivity contribution in [3.05, 3.63) is 128 Å². The van der Waals surface area contributed by atoms with Crippen molar-refractivity contribution in [3.63, 3.8) is 0 Å². The van der Waals surface area contributed by atoms with E-state index in [9.17, 15) is 25.0 Å². The summed E-state index contributed by atoms with van der Waals surface area (Å²) in [6, 6.07) is 23.2. The van der Waals surface area contributed by atoms with E-state index in [-0.39, 0.29) is 17.3 Å². The SMILES string of the molecule is O=C1/C(=C\c2ccc(-c3ccccc3[N+](=O)[O-])o2)SC(=Nc2ccc([N+](=O)[O-])cc2)N1CCc1c[nH]c2ccccc12. The van der Waals surface area contributed by atoms with E-state index < -0.39 is 9.85 Å². The summed E-state index contributed by atoms with van der Waals surface area (Å²) in [6.07, 6.45) is 4.07. The third kappa shape index (κ3) is 5.30. The predicted molar refractivity (Wildman–Crippen MR) is 160 cm³/mol. The first kappa shape index (κ1) is 26.7. The van der Waals surface area contributed by atoms with E-state index in [2.05, 4.69) is 9.98 Å². The zero-order chi connectivity index (χ0) is 29.2. The van der Waals surface area contributed by atoms with Crippen LogP contribution < -0.4 is 0 Å². The molecule has 6 rings (SSSR count). The van der Waals surface area contributed by atoms with Gasteiger partial charge in [0.2, 0.25) is 0 Å². The van der Waals surface area contributed by atoms with E-state index in [0.29, 0.717) is 45.8 Å². The highest BCUT2D eigenvalue weighted by atomic mass is 32.2. The van der Waals surface area contributed by atoms with E-state index in [1.165, 1.54) is 30.3 Å². The summed E-state index contributed by atoms with van der Waals surface area (Å²) in [7, 11) is 0. The normalized spacial score (nSPS) is 15.2. The quantitative estimate of drug-likeness (QED) is 0.117. The summed E-state index contributed by atoms with van der Waals surface area (Å²) < 4.78 is 5.89. The van der Waals surface area contributed by atoms with E-state index >= 15 is 0 Å². The van der Waals surface area contributed by atoms with Gasteiger partial charge in [0, 0.05) is 47.9 Å². The van der Waals surface area contributed by atoms with Crippen LogP contribution in [0.4, 0.5) is 17.1 Å². The van der Waals surface area contributed by atoms with Crippen molar-refractivity contribution in [2.75, 3.05) is 6.54 Å². The molecule has 2 aromatic heterocycles. The van der Waals surface area contributed by atoms with Crippen LogP contribution in [0.3, 0.4) is 0 Å². The summed E-state index contributed by atoms with van der Waals surface area (Å²) in [4.78, 5) is 45.0. The van der Waals surface area contributed by atoms with Crippen LogP contribution in [0, 0.1) is 20.2 Å². The zero-order valence-corrected chi connectivity index (χ0v) is 22.6. The molecule has 1 N–H and O–H groups in total. The lowest BCUT2D eigenvalue weighted by Crippen LogP contribution is -2.31. The van der Waals surface area contributed by atoms with Gasteiger partial charge in [0.15, 0.2) is 5.17 Å². The first-order chi connectivity index (χ1) is 20.4. The summed E-state index contributed by atoms with van der Waals surface area (Å²) in [6.45, 7) is 0.344. The maximum absolute atomic E-state index is 13.6. The number of aliphatic imine (C=N–C) groups is 1. The number of para-hydroxylation sites is 2. The topological polar surface area (TPSA) is 148 Å². The molecule has 5 aromatic rings. The lowest BCUT2D eigenvalue weighted by molar-refractivity contribution is -0.384. The standard InChI is InChI=1S/C30H21N5O6S/c36-29-28(17-22-13-14-27(41-22)24-6-2-4-8-26(24)35(39)40)42-30(32-20-9-11-21(12-10-20)34(37)38)33(29)16-15-19-18-31-25-7-3-1-5-23(19)25/h1-14,17-18,31H,15-16H2/b28-17+,32-30?. The van der Waals surface area contributed by atoms with Crippen LogP contribution in [0.25, 0.3) is 28.3 Å². The van der Waals surface area contributed by atoms with Gasteiger partial charge >= 0.3 is 0 Å². The van der Waals surface area contributed by atoms with Crippen LogP contribution in [0.15, 0.2) is 105 Å². The third-order valence-corrected chi connectivity index (χ3v) is 7.73. The first-order valence-electron chi connectivity index (χ1n) is 12.8. The van der Waals surface area contributed by atoms with E-state index in [1.54, 1.807) is 41.3 Å². The minimum Gasteiger partial charge on any atom is -0.456 e. The lowest BCUT2D eigenvalue weighted by atomic mass is 10.1. The number of amides is 1. The van der Waals surface area contributed by atoms with Gasteiger partial charge in [-0.2, -0.15) is 0 Å². The van der Waals surface area contributed by atoms with Crippen molar-refractivity contribution >= 4 is 56.9 Å². The molecular weight excluding hydrogens is 558 g/mol. The summed E-state index contributed by atoms with van der Waals surface area (Å²) >= 11 is 1.16. The second-order valence-corrected chi connectivity index (χ2v) is 10.3. The molecular formula is C30H21N5O6S. The number of aromatic amines is 1. The van der Waals surface area contributed by atoms with Gasteiger partial charge in [-0.05, 0) is 60.1 Å². The van der Waals surface area contributed by atoms with E-state index in [1.807, 2.05) is 30.5 Å². The molecule has 42 heavy (non-hydrogen) atoms. The van der Waals surface area contributed by atoms with Crippen molar-refractivity contribution in [1.82, 2.24) is 9.88 Å². The number of hydrogen-bond acceptors (Lipinski definition) is 8. The molecule has 0 unspecified atom stereocenters. The van der Waals surface area contributed by atoms with Gasteiger partial charge in [-0.25, -0.2) is 4.99 Å². The number of rotatable bonds is 8. The van der Waals surface area contributed by atoms with Crippen molar-refractivity contribution in [2.45, 2.75) is 6.42 Å². The number of nitrogens with one attached hydrogen (secondary N) is 1. The highest BCUT2D eigenvalue weighted by Crippen LogP contribution is 2.37. The fourth-order valence-electron chi connectivity index (χ4n) is 4.66. The van der Waals surface area contributed by atoms with E-state index in [4.69, 9.17) is 4.42 Å². The maximum atomic E-state index is 13.6. The van der Waals surface area contributed by atoms with Crippen LogP contribution in [-0.2, 0) is 11.2 Å². The van der Waals surface area contributed by atoms with Gasteiger partial charge in [0.05, 0.1) is 26.0 Å². The Morgan fingerprint density at radius 3 is 2.48 bits per heavy atom. The Balaban J connectivity index is 1.31. The second-order valence-electron chi connectivity index (χ2n) is 9.32. The van der Waals surface area contributed by atoms with Crippen molar-refractivity contribution in [3.8, 4) is 11.3 Å². The average molecular weight is 580 g/mol. The average Bonchev–Trinajstić information content (AvgIpc) is 3.70. The molecule has 0 saturated carbocycles. The number of aromatic nitrogens is 1. The number of benzene rings is 3. The Labute approximate surface area is 242 Å². The molecule has 11 nitrogen and oxygen atoms in total. The number of non-ortho nitro benzene ring substituents is 1. The van der Waals surface area contributed by atoms with Crippen LogP contribution in [0.1, 0.15) is 11.3 Å². The Kier molecular flexibility index (Phi) is 7.11. The molecule has 3 heterocycles. The van der Waals surface area contributed by atoms with Crippen LogP contribution in [0.2, 0.25) is 0 Å². The second kappa shape index (κ2) is 11.2. The van der Waals surface area contributed by atoms with Crippen LogP contribution in [0.5, 0.6) is 0 Å². The van der Waals surface area contributed by atoms with Gasteiger partial charge in [-0.15, -0.1) is 0 Å². The van der Waals surface area contributed by atoms with Gasteiger partial charge in [-0.1, -0.05) is 30.3 Å². The molecule has 0 atom stereocenters. The lowest BCUT2D eigenvalue weighted by Gasteiger charge is -2.15. The summed E-state index contributed by atoms with van der Waals surface area (Å²) in [5, 5.41) is 24.0. The number of carbonyl (C=O) groups excluding carboxylic acids is 1. The number of amidine groups is 1. The summed E-state index contributed by atoms with van der Waals surface area (Å²) in [5.74, 6) is 0.386. The number of nitrogens with zero attached hydrogens (tertiary/aromatic N) is 4. The van der Waals surface area contributed by atoms with Crippen LogP contribution in [-0.4, -0.2) is 37.4 Å². The fourth-order valence-corrected chi connectivity index (χ4v) is 5.67. The molecule has 3 aromatic carbocycles. The Bertz CT molecular complexity index is 1910. The Morgan fingerprint density at radius 1 is 0.929 bits per heavy atom. The molecule has 1 aliphatic heterocycles. The number of furan rings is 1. The number of nitro benzene ring substituents is 2. The number of fused-ring (bicyclic) bond motifs is 1. The third-order valence-electron chi connectivity index (χ3n) is 6.72.